The quantitative estimate of drug-likeness (QED) is 0.678. The number of aromatic nitrogens is 4. The number of hydrogen-bond donors (Lipinski definition) is 2. The van der Waals surface area contributed by atoms with Crippen molar-refractivity contribution in [1.29, 1.82) is 0 Å². The number of rotatable bonds is 2. The van der Waals surface area contributed by atoms with Gasteiger partial charge in [0.15, 0.2) is 11.5 Å². The summed E-state index contributed by atoms with van der Waals surface area (Å²) in [5.41, 5.74) is 1.15. The molecule has 27 heavy (non-hydrogen) atoms. The van der Waals surface area contributed by atoms with Crippen molar-refractivity contribution in [3.63, 3.8) is 0 Å². The SMILES string of the molecule is O=C(O)N1CCC(c2nc3cc(-c4ccc(Cl)cc4Cl)[nH]c(=O)n3n2)CC1. The Kier molecular flexibility index (Phi) is 4.53. The lowest BCUT2D eigenvalue weighted by molar-refractivity contribution is 0.131. The van der Waals surface area contributed by atoms with Crippen LogP contribution in [0.4, 0.5) is 4.79 Å². The molecule has 0 saturated carbocycles. The van der Waals surface area contributed by atoms with Crippen LogP contribution in [0.5, 0.6) is 0 Å². The Balaban J connectivity index is 1.68. The molecular formula is C17H15Cl2N5O3. The van der Waals surface area contributed by atoms with Crippen molar-refractivity contribution in [2.24, 2.45) is 0 Å². The molecule has 0 spiro atoms. The number of nitrogens with one attached hydrogen (secondary N) is 1. The maximum absolute atomic E-state index is 12.4. The van der Waals surface area contributed by atoms with Gasteiger partial charge in [0, 0.05) is 35.7 Å². The molecule has 0 atom stereocenters. The van der Waals surface area contributed by atoms with Gasteiger partial charge in [-0.2, -0.15) is 4.52 Å². The molecule has 1 aromatic carbocycles. The van der Waals surface area contributed by atoms with E-state index in [2.05, 4.69) is 15.1 Å². The van der Waals surface area contributed by atoms with E-state index in [0.717, 1.165) is 0 Å². The van der Waals surface area contributed by atoms with E-state index in [-0.39, 0.29) is 5.92 Å². The van der Waals surface area contributed by atoms with Gasteiger partial charge in [-0.1, -0.05) is 23.2 Å². The number of hydrogen-bond acceptors (Lipinski definition) is 4. The van der Waals surface area contributed by atoms with Crippen LogP contribution in [0.15, 0.2) is 29.1 Å². The molecule has 4 rings (SSSR count). The Morgan fingerprint density at radius 1 is 1.22 bits per heavy atom. The molecule has 1 aliphatic heterocycles. The number of carboxylic acid groups (broad SMARTS) is 1. The Hall–Kier alpha value is -2.58. The predicted octanol–water partition coefficient (Wildman–Crippen LogP) is 3.25. The topological polar surface area (TPSA) is 104 Å². The molecule has 2 N–H and O–H groups in total. The van der Waals surface area contributed by atoms with Gasteiger partial charge in [0.1, 0.15) is 0 Å². The van der Waals surface area contributed by atoms with Gasteiger partial charge in [0.25, 0.3) is 0 Å². The number of fused-ring (bicyclic) bond motifs is 1. The highest BCUT2D eigenvalue weighted by Gasteiger charge is 2.26. The maximum atomic E-state index is 12.4. The summed E-state index contributed by atoms with van der Waals surface area (Å²) in [5, 5.41) is 14.3. The Labute approximate surface area is 163 Å². The number of amides is 1. The van der Waals surface area contributed by atoms with E-state index in [1.165, 1.54) is 9.42 Å². The van der Waals surface area contributed by atoms with Gasteiger partial charge in [-0.25, -0.2) is 14.6 Å². The van der Waals surface area contributed by atoms with E-state index in [4.69, 9.17) is 28.3 Å². The standard InChI is InChI=1S/C17H15Cl2N5O3/c18-10-1-2-11(12(19)7-10)13-8-14-21-15(22-24(14)16(25)20-13)9-3-5-23(6-4-9)17(26)27/h1-2,7-9H,3-6H2,(H,20,25)(H,26,27). The molecule has 3 aromatic rings. The largest absolute Gasteiger partial charge is 0.465 e. The van der Waals surface area contributed by atoms with E-state index in [1.54, 1.807) is 24.3 Å². The highest BCUT2D eigenvalue weighted by Crippen LogP contribution is 2.30. The molecule has 2 aromatic heterocycles. The highest BCUT2D eigenvalue weighted by molar-refractivity contribution is 6.36. The van der Waals surface area contributed by atoms with Crippen LogP contribution in [0.25, 0.3) is 16.9 Å². The maximum Gasteiger partial charge on any atom is 0.407 e. The minimum absolute atomic E-state index is 0.0162. The Morgan fingerprint density at radius 3 is 2.63 bits per heavy atom. The number of carbonyl (C=O) groups is 1. The first-order valence-electron chi connectivity index (χ1n) is 8.35. The molecule has 1 amide bonds. The predicted molar refractivity (Wildman–Crippen MR) is 101 cm³/mol. The fourth-order valence-electron chi connectivity index (χ4n) is 3.27. The van der Waals surface area contributed by atoms with Crippen LogP contribution in [0.3, 0.4) is 0 Å². The number of piperidine rings is 1. The van der Waals surface area contributed by atoms with Crippen LogP contribution in [0, 0.1) is 0 Å². The summed E-state index contributed by atoms with van der Waals surface area (Å²) in [4.78, 5) is 32.1. The second-order valence-corrected chi connectivity index (χ2v) is 7.24. The second-order valence-electron chi connectivity index (χ2n) is 6.40. The van der Waals surface area contributed by atoms with Crippen LogP contribution < -0.4 is 5.69 Å². The van der Waals surface area contributed by atoms with Gasteiger partial charge >= 0.3 is 11.8 Å². The van der Waals surface area contributed by atoms with Crippen LogP contribution >= 0.6 is 23.2 Å². The van der Waals surface area contributed by atoms with Crippen molar-refractivity contribution in [3.8, 4) is 11.3 Å². The number of nitrogens with zero attached hydrogens (tertiary/aromatic N) is 4. The molecule has 0 aliphatic carbocycles. The van der Waals surface area contributed by atoms with Crippen LogP contribution in [0.2, 0.25) is 10.0 Å². The Bertz CT molecular complexity index is 1090. The van der Waals surface area contributed by atoms with Gasteiger partial charge in [-0.3, -0.25) is 0 Å². The lowest BCUT2D eigenvalue weighted by Gasteiger charge is -2.28. The van der Waals surface area contributed by atoms with Crippen molar-refractivity contribution < 1.29 is 9.90 Å². The van der Waals surface area contributed by atoms with Crippen LogP contribution in [-0.2, 0) is 0 Å². The highest BCUT2D eigenvalue weighted by atomic mass is 35.5. The molecule has 1 fully saturated rings. The fraction of sp³-hybridized carbons (Fsp3) is 0.294. The van der Waals surface area contributed by atoms with E-state index in [1.807, 2.05) is 0 Å². The minimum Gasteiger partial charge on any atom is -0.465 e. The zero-order valence-corrected chi connectivity index (χ0v) is 15.5. The lowest BCUT2D eigenvalue weighted by Crippen LogP contribution is -2.37. The van der Waals surface area contributed by atoms with Crippen molar-refractivity contribution in [2.45, 2.75) is 18.8 Å². The first-order chi connectivity index (χ1) is 12.9. The van der Waals surface area contributed by atoms with Gasteiger partial charge in [-0.15, -0.1) is 5.10 Å². The molecule has 10 heteroatoms. The van der Waals surface area contributed by atoms with Gasteiger partial charge in [0.05, 0.1) is 10.7 Å². The number of aromatic amines is 1. The molecule has 8 nitrogen and oxygen atoms in total. The molecular weight excluding hydrogens is 393 g/mol. The van der Waals surface area contributed by atoms with Crippen LogP contribution in [-0.4, -0.2) is 48.8 Å². The van der Waals surface area contributed by atoms with E-state index < -0.39 is 11.8 Å². The lowest BCUT2D eigenvalue weighted by atomic mass is 9.96. The molecule has 1 saturated heterocycles. The number of H-pyrrole nitrogens is 1. The van der Waals surface area contributed by atoms with Gasteiger partial charge in [-0.05, 0) is 31.0 Å². The van der Waals surface area contributed by atoms with Crippen molar-refractivity contribution in [1.82, 2.24) is 24.5 Å². The summed E-state index contributed by atoms with van der Waals surface area (Å²) >= 11 is 12.2. The first kappa shape index (κ1) is 17.8. The van der Waals surface area contributed by atoms with Gasteiger partial charge in [0.2, 0.25) is 0 Å². The zero-order chi connectivity index (χ0) is 19.1. The summed E-state index contributed by atoms with van der Waals surface area (Å²) in [6.07, 6.45) is 0.325. The number of likely N-dealkylation sites (tertiary alicyclic amines) is 1. The van der Waals surface area contributed by atoms with Crippen molar-refractivity contribution in [2.75, 3.05) is 13.1 Å². The third-order valence-corrected chi connectivity index (χ3v) is 5.26. The molecule has 3 heterocycles. The normalized spacial score (nSPS) is 15.4. The third kappa shape index (κ3) is 3.38. The van der Waals surface area contributed by atoms with E-state index >= 15 is 0 Å². The summed E-state index contributed by atoms with van der Waals surface area (Å²) in [6, 6.07) is 6.73. The molecule has 0 bridgehead atoms. The number of benzene rings is 1. The van der Waals surface area contributed by atoms with E-state index in [0.29, 0.717) is 58.7 Å². The molecule has 140 valence electrons. The Morgan fingerprint density at radius 2 is 1.96 bits per heavy atom. The second kappa shape index (κ2) is 6.86. The summed E-state index contributed by atoms with van der Waals surface area (Å²) in [7, 11) is 0. The number of halogens is 2. The monoisotopic (exact) mass is 407 g/mol. The molecule has 0 radical (unpaired) electrons. The first-order valence-corrected chi connectivity index (χ1v) is 9.11. The van der Waals surface area contributed by atoms with E-state index in [9.17, 15) is 9.59 Å². The van der Waals surface area contributed by atoms with Gasteiger partial charge < -0.3 is 15.0 Å². The van der Waals surface area contributed by atoms with Crippen LogP contribution in [0.1, 0.15) is 24.6 Å². The molecule has 1 aliphatic rings. The third-order valence-electron chi connectivity index (χ3n) is 4.71. The molecule has 0 unspecified atom stereocenters. The summed E-state index contributed by atoms with van der Waals surface area (Å²) < 4.78 is 1.21. The zero-order valence-electron chi connectivity index (χ0n) is 14.0. The fourth-order valence-corrected chi connectivity index (χ4v) is 3.78. The summed E-state index contributed by atoms with van der Waals surface area (Å²) in [5.74, 6) is 0.562. The average Bonchev–Trinajstić information content (AvgIpc) is 3.06. The summed E-state index contributed by atoms with van der Waals surface area (Å²) in [6.45, 7) is 0.856. The minimum atomic E-state index is -0.919. The van der Waals surface area contributed by atoms with Crippen molar-refractivity contribution >= 4 is 34.9 Å². The smallest absolute Gasteiger partial charge is 0.407 e. The average molecular weight is 408 g/mol. The van der Waals surface area contributed by atoms with Crippen molar-refractivity contribution in [3.05, 3.63) is 50.6 Å².